The normalized spacial score (nSPS) is 10.0. The molecule has 1 aromatic carbocycles. The Bertz CT molecular complexity index is 555. The number of hydrogen-bond donors (Lipinski definition) is 2. The van der Waals surface area contributed by atoms with Crippen LogP contribution >= 0.6 is 0 Å². The minimum Gasteiger partial charge on any atom is -0.487 e. The van der Waals surface area contributed by atoms with E-state index in [0.717, 1.165) is 5.56 Å². The molecule has 0 aliphatic carbocycles. The summed E-state index contributed by atoms with van der Waals surface area (Å²) in [5, 5.41) is 8.88. The van der Waals surface area contributed by atoms with Gasteiger partial charge in [-0.15, -0.1) is 0 Å². The van der Waals surface area contributed by atoms with Gasteiger partial charge in [0.05, 0.1) is 11.3 Å². The minimum atomic E-state index is -1.01. The lowest BCUT2D eigenvalue weighted by Crippen LogP contribution is -2.02. The molecule has 0 saturated heterocycles. The predicted molar refractivity (Wildman–Crippen MR) is 66.4 cm³/mol. The maximum absolute atomic E-state index is 10.8. The van der Waals surface area contributed by atoms with Gasteiger partial charge in [-0.1, -0.05) is 0 Å². The topological polar surface area (TPSA) is 85.4 Å². The second kappa shape index (κ2) is 5.18. The summed E-state index contributed by atoms with van der Waals surface area (Å²) >= 11 is 0. The molecule has 0 spiro atoms. The molecule has 92 valence electrons. The highest BCUT2D eigenvalue weighted by Crippen LogP contribution is 2.23. The van der Waals surface area contributed by atoms with Crippen molar-refractivity contribution in [2.45, 2.75) is 6.61 Å². The molecule has 0 fully saturated rings. The summed E-state index contributed by atoms with van der Waals surface area (Å²) in [7, 11) is 0. The van der Waals surface area contributed by atoms with E-state index in [1.165, 1.54) is 18.2 Å². The van der Waals surface area contributed by atoms with Crippen LogP contribution in [0.5, 0.6) is 5.75 Å². The molecule has 0 aliphatic heterocycles. The Morgan fingerprint density at radius 2 is 2.00 bits per heavy atom. The number of nitrogen functional groups attached to an aromatic ring is 1. The van der Waals surface area contributed by atoms with Crippen molar-refractivity contribution in [3.63, 3.8) is 0 Å². The van der Waals surface area contributed by atoms with E-state index in [9.17, 15) is 4.79 Å². The van der Waals surface area contributed by atoms with Gasteiger partial charge < -0.3 is 15.6 Å². The number of hydrogen-bond acceptors (Lipinski definition) is 4. The highest BCUT2D eigenvalue weighted by Gasteiger charge is 2.07. The van der Waals surface area contributed by atoms with Crippen molar-refractivity contribution in [2.75, 3.05) is 5.73 Å². The number of anilines is 1. The van der Waals surface area contributed by atoms with Crippen molar-refractivity contribution in [1.82, 2.24) is 4.98 Å². The highest BCUT2D eigenvalue weighted by atomic mass is 16.5. The average Bonchev–Trinajstić information content (AvgIpc) is 2.38. The summed E-state index contributed by atoms with van der Waals surface area (Å²) in [6.07, 6.45) is 3.32. The molecule has 1 heterocycles. The first-order valence-electron chi connectivity index (χ1n) is 5.31. The van der Waals surface area contributed by atoms with Gasteiger partial charge in [-0.05, 0) is 35.9 Å². The number of benzene rings is 1. The van der Waals surface area contributed by atoms with E-state index in [1.807, 2.05) is 12.1 Å². The Kier molecular flexibility index (Phi) is 3.43. The van der Waals surface area contributed by atoms with E-state index in [4.69, 9.17) is 15.6 Å². The first-order valence-corrected chi connectivity index (χ1v) is 5.31. The van der Waals surface area contributed by atoms with Crippen LogP contribution in [0, 0.1) is 0 Å². The molecule has 18 heavy (non-hydrogen) atoms. The van der Waals surface area contributed by atoms with Gasteiger partial charge in [0.2, 0.25) is 0 Å². The number of aromatic carboxylic acids is 1. The monoisotopic (exact) mass is 244 g/mol. The molecule has 0 aliphatic rings. The van der Waals surface area contributed by atoms with E-state index in [-0.39, 0.29) is 5.56 Å². The van der Waals surface area contributed by atoms with Crippen molar-refractivity contribution in [3.05, 3.63) is 53.9 Å². The van der Waals surface area contributed by atoms with Gasteiger partial charge >= 0.3 is 5.97 Å². The fraction of sp³-hybridized carbons (Fsp3) is 0.0769. The lowest BCUT2D eigenvalue weighted by molar-refractivity contribution is 0.0696. The fourth-order valence-electron chi connectivity index (χ4n) is 1.43. The van der Waals surface area contributed by atoms with Gasteiger partial charge in [0.25, 0.3) is 0 Å². The second-order valence-corrected chi connectivity index (χ2v) is 3.70. The molecular weight excluding hydrogens is 232 g/mol. The molecule has 0 atom stereocenters. The Morgan fingerprint density at radius 3 is 2.67 bits per heavy atom. The molecule has 3 N–H and O–H groups in total. The molecule has 5 nitrogen and oxygen atoms in total. The van der Waals surface area contributed by atoms with Gasteiger partial charge in [0.1, 0.15) is 12.4 Å². The van der Waals surface area contributed by atoms with Crippen molar-refractivity contribution in [3.8, 4) is 5.75 Å². The maximum Gasteiger partial charge on any atom is 0.335 e. The zero-order chi connectivity index (χ0) is 13.0. The maximum atomic E-state index is 10.8. The van der Waals surface area contributed by atoms with E-state index in [2.05, 4.69) is 4.98 Å². The van der Waals surface area contributed by atoms with Gasteiger partial charge in [0.15, 0.2) is 0 Å². The van der Waals surface area contributed by atoms with Gasteiger partial charge in [-0.2, -0.15) is 0 Å². The summed E-state index contributed by atoms with van der Waals surface area (Å²) in [4.78, 5) is 14.7. The summed E-state index contributed by atoms with van der Waals surface area (Å²) in [5.74, 6) is -0.643. The molecule has 1 aromatic heterocycles. The van der Waals surface area contributed by atoms with Crippen LogP contribution in [-0.4, -0.2) is 16.1 Å². The Morgan fingerprint density at radius 1 is 1.28 bits per heavy atom. The van der Waals surface area contributed by atoms with Gasteiger partial charge in [0, 0.05) is 12.4 Å². The number of nitrogens with two attached hydrogens (primary N) is 1. The molecule has 0 amide bonds. The number of rotatable bonds is 4. The van der Waals surface area contributed by atoms with Crippen molar-refractivity contribution in [1.29, 1.82) is 0 Å². The Labute approximate surface area is 104 Å². The SMILES string of the molecule is Nc1ccc(C(=O)O)cc1OCc1ccncc1. The van der Waals surface area contributed by atoms with Gasteiger partial charge in [-0.3, -0.25) is 4.98 Å². The zero-order valence-electron chi connectivity index (χ0n) is 9.54. The molecule has 2 aromatic rings. The molecule has 0 unspecified atom stereocenters. The zero-order valence-corrected chi connectivity index (χ0v) is 9.54. The number of carboxylic acids is 1. The highest BCUT2D eigenvalue weighted by molar-refractivity contribution is 5.89. The van der Waals surface area contributed by atoms with Crippen molar-refractivity contribution >= 4 is 11.7 Å². The van der Waals surface area contributed by atoms with Crippen LogP contribution in [0.2, 0.25) is 0 Å². The fourth-order valence-corrected chi connectivity index (χ4v) is 1.43. The molecule has 0 radical (unpaired) electrons. The summed E-state index contributed by atoms with van der Waals surface area (Å²) in [6.45, 7) is 0.315. The summed E-state index contributed by atoms with van der Waals surface area (Å²) in [5.41, 5.74) is 7.22. The largest absolute Gasteiger partial charge is 0.487 e. The van der Waals surface area contributed by atoms with Gasteiger partial charge in [-0.25, -0.2) is 4.79 Å². The van der Waals surface area contributed by atoms with Crippen LogP contribution in [0.1, 0.15) is 15.9 Å². The molecule has 0 bridgehead atoms. The molecule has 5 heteroatoms. The molecule has 2 rings (SSSR count). The lowest BCUT2D eigenvalue weighted by atomic mass is 10.2. The molecular formula is C13H12N2O3. The first-order chi connectivity index (χ1) is 8.66. The number of aromatic nitrogens is 1. The smallest absolute Gasteiger partial charge is 0.335 e. The van der Waals surface area contributed by atoms with Crippen LogP contribution in [0.3, 0.4) is 0 Å². The van der Waals surface area contributed by atoms with Crippen molar-refractivity contribution in [2.24, 2.45) is 0 Å². The van der Waals surface area contributed by atoms with E-state index < -0.39 is 5.97 Å². The summed E-state index contributed by atoms with van der Waals surface area (Å²) < 4.78 is 5.50. The molecule has 0 saturated carbocycles. The third-order valence-corrected chi connectivity index (χ3v) is 2.40. The standard InChI is InChI=1S/C13H12N2O3/c14-11-2-1-10(13(16)17)7-12(11)18-8-9-3-5-15-6-4-9/h1-7H,8,14H2,(H,16,17). The van der Waals surface area contributed by atoms with Crippen molar-refractivity contribution < 1.29 is 14.6 Å². The van der Waals surface area contributed by atoms with E-state index in [0.29, 0.717) is 18.0 Å². The number of nitrogens with zero attached hydrogens (tertiary/aromatic N) is 1. The van der Waals surface area contributed by atoms with Crippen LogP contribution in [0.25, 0.3) is 0 Å². The number of carboxylic acid groups (broad SMARTS) is 1. The minimum absolute atomic E-state index is 0.147. The average molecular weight is 244 g/mol. The third-order valence-electron chi connectivity index (χ3n) is 2.40. The van der Waals surface area contributed by atoms with E-state index >= 15 is 0 Å². The third kappa shape index (κ3) is 2.76. The number of pyridine rings is 1. The quantitative estimate of drug-likeness (QED) is 0.803. The van der Waals surface area contributed by atoms with Crippen LogP contribution in [0.15, 0.2) is 42.7 Å². The van der Waals surface area contributed by atoms with Crippen LogP contribution < -0.4 is 10.5 Å². The van der Waals surface area contributed by atoms with Crippen LogP contribution in [-0.2, 0) is 6.61 Å². The number of carbonyl (C=O) groups is 1. The second-order valence-electron chi connectivity index (χ2n) is 3.70. The Balaban J connectivity index is 2.14. The predicted octanol–water partition coefficient (Wildman–Crippen LogP) is 1.94. The Hall–Kier alpha value is -2.56. The number of ether oxygens (including phenoxy) is 1. The first kappa shape index (κ1) is 11.9. The van der Waals surface area contributed by atoms with E-state index in [1.54, 1.807) is 12.4 Å². The lowest BCUT2D eigenvalue weighted by Gasteiger charge is -2.09. The van der Waals surface area contributed by atoms with Crippen LogP contribution in [0.4, 0.5) is 5.69 Å². The summed E-state index contributed by atoms with van der Waals surface area (Å²) in [6, 6.07) is 8.01.